The molecule has 0 spiro atoms. The van der Waals surface area contributed by atoms with Crippen molar-refractivity contribution in [3.05, 3.63) is 35.4 Å². The van der Waals surface area contributed by atoms with Crippen LogP contribution >= 0.6 is 0 Å². The number of hydrogen-bond donors (Lipinski definition) is 2. The normalized spacial score (nSPS) is 28.4. The van der Waals surface area contributed by atoms with E-state index in [0.29, 0.717) is 6.61 Å². The molecule has 3 rings (SSSR count). The third kappa shape index (κ3) is 2.34. The van der Waals surface area contributed by atoms with Crippen LogP contribution in [0.1, 0.15) is 30.4 Å². The van der Waals surface area contributed by atoms with E-state index in [4.69, 9.17) is 4.74 Å². The van der Waals surface area contributed by atoms with Crippen molar-refractivity contribution < 1.29 is 14.6 Å². The number of esters is 1. The Morgan fingerprint density at radius 2 is 2.25 bits per heavy atom. The number of ether oxygens (including phenoxy) is 1. The number of aryl methyl sites for hydroxylation is 1. The third-order valence-electron chi connectivity index (χ3n) is 4.62. The van der Waals surface area contributed by atoms with Gasteiger partial charge >= 0.3 is 5.97 Å². The van der Waals surface area contributed by atoms with Gasteiger partial charge in [0.25, 0.3) is 0 Å². The lowest BCUT2D eigenvalue weighted by molar-refractivity contribution is -0.141. The molecule has 1 saturated heterocycles. The van der Waals surface area contributed by atoms with Gasteiger partial charge in [0, 0.05) is 0 Å². The maximum atomic E-state index is 11.4. The van der Waals surface area contributed by atoms with Gasteiger partial charge in [0.15, 0.2) is 0 Å². The lowest BCUT2D eigenvalue weighted by Gasteiger charge is -2.30. The van der Waals surface area contributed by atoms with Crippen LogP contribution in [0.2, 0.25) is 0 Å². The third-order valence-corrected chi connectivity index (χ3v) is 4.62. The Morgan fingerprint density at radius 1 is 1.40 bits per heavy atom. The Bertz CT molecular complexity index is 502. The first-order valence-corrected chi connectivity index (χ1v) is 7.36. The zero-order valence-electron chi connectivity index (χ0n) is 11.6. The summed E-state index contributed by atoms with van der Waals surface area (Å²) in [4.78, 5) is 11.4. The minimum absolute atomic E-state index is 0.0230. The second kappa shape index (κ2) is 5.54. The number of rotatable bonds is 5. The minimum atomic E-state index is -0.334. The topological polar surface area (TPSA) is 58.6 Å². The Balaban J connectivity index is 1.64. The first kappa shape index (κ1) is 13.6. The van der Waals surface area contributed by atoms with Gasteiger partial charge in [0.05, 0.1) is 24.7 Å². The van der Waals surface area contributed by atoms with E-state index in [1.165, 1.54) is 11.1 Å². The molecule has 2 atom stereocenters. The Morgan fingerprint density at radius 3 is 3.00 bits per heavy atom. The lowest BCUT2D eigenvalue weighted by atomic mass is 9.92. The summed E-state index contributed by atoms with van der Waals surface area (Å²) in [5, 5.41) is 13.3. The van der Waals surface area contributed by atoms with Crippen LogP contribution in [0.3, 0.4) is 0 Å². The fourth-order valence-electron chi connectivity index (χ4n) is 3.38. The Hall–Kier alpha value is -1.39. The van der Waals surface area contributed by atoms with Crippen molar-refractivity contribution in [2.24, 2.45) is 5.92 Å². The average Bonchev–Trinajstić information content (AvgIpc) is 3.05. The highest BCUT2D eigenvalue weighted by atomic mass is 16.5. The van der Waals surface area contributed by atoms with Crippen LogP contribution in [-0.4, -0.2) is 30.8 Å². The maximum absolute atomic E-state index is 11.4. The molecule has 1 fully saturated rings. The van der Waals surface area contributed by atoms with Gasteiger partial charge in [-0.3, -0.25) is 4.79 Å². The van der Waals surface area contributed by atoms with Crippen LogP contribution in [0.25, 0.3) is 0 Å². The number of carbonyl (C=O) groups is 1. The van der Waals surface area contributed by atoms with Gasteiger partial charge in [-0.2, -0.15) is 0 Å². The van der Waals surface area contributed by atoms with E-state index < -0.39 is 0 Å². The van der Waals surface area contributed by atoms with Crippen molar-refractivity contribution in [1.82, 2.24) is 5.32 Å². The molecule has 0 saturated carbocycles. The van der Waals surface area contributed by atoms with Crippen LogP contribution in [0.15, 0.2) is 24.3 Å². The molecule has 1 aromatic rings. The zero-order valence-corrected chi connectivity index (χ0v) is 11.6. The van der Waals surface area contributed by atoms with Gasteiger partial charge in [0.1, 0.15) is 0 Å². The highest BCUT2D eigenvalue weighted by Gasteiger charge is 2.37. The molecule has 4 heteroatoms. The molecule has 20 heavy (non-hydrogen) atoms. The van der Waals surface area contributed by atoms with Gasteiger partial charge in [-0.05, 0) is 43.4 Å². The molecule has 2 unspecified atom stereocenters. The quantitative estimate of drug-likeness (QED) is 0.797. The number of carbonyl (C=O) groups excluding carboxylic acids is 1. The van der Waals surface area contributed by atoms with E-state index in [-0.39, 0.29) is 24.0 Å². The SMILES string of the molecule is O=C1OCCC1CCNC1(CO)CCc2ccccc21. The van der Waals surface area contributed by atoms with Gasteiger partial charge < -0.3 is 15.2 Å². The van der Waals surface area contributed by atoms with Crippen molar-refractivity contribution in [3.8, 4) is 0 Å². The van der Waals surface area contributed by atoms with E-state index in [2.05, 4.69) is 17.4 Å². The summed E-state index contributed by atoms with van der Waals surface area (Å²) in [6, 6.07) is 8.28. The predicted molar refractivity (Wildman–Crippen MR) is 75.2 cm³/mol. The molecule has 1 aliphatic heterocycles. The molecule has 0 bridgehead atoms. The molecule has 108 valence electrons. The van der Waals surface area contributed by atoms with E-state index in [1.54, 1.807) is 0 Å². The van der Waals surface area contributed by atoms with Crippen molar-refractivity contribution >= 4 is 5.97 Å². The number of nitrogens with one attached hydrogen (secondary N) is 1. The van der Waals surface area contributed by atoms with Crippen LogP contribution in [0.4, 0.5) is 0 Å². The van der Waals surface area contributed by atoms with Crippen molar-refractivity contribution in [1.29, 1.82) is 0 Å². The fraction of sp³-hybridized carbons (Fsp3) is 0.562. The average molecular weight is 275 g/mol. The summed E-state index contributed by atoms with van der Waals surface area (Å²) in [5.74, 6) is -0.0495. The molecular weight excluding hydrogens is 254 g/mol. The van der Waals surface area contributed by atoms with Gasteiger partial charge in [0.2, 0.25) is 0 Å². The van der Waals surface area contributed by atoms with Crippen LogP contribution in [0.5, 0.6) is 0 Å². The van der Waals surface area contributed by atoms with Crippen molar-refractivity contribution in [2.75, 3.05) is 19.8 Å². The molecule has 4 nitrogen and oxygen atoms in total. The van der Waals surface area contributed by atoms with E-state index >= 15 is 0 Å². The monoisotopic (exact) mass is 275 g/mol. The van der Waals surface area contributed by atoms with Crippen LogP contribution in [0, 0.1) is 5.92 Å². The van der Waals surface area contributed by atoms with E-state index in [9.17, 15) is 9.90 Å². The number of cyclic esters (lactones) is 1. The van der Waals surface area contributed by atoms with Gasteiger partial charge in [-0.25, -0.2) is 0 Å². The number of aliphatic hydroxyl groups excluding tert-OH is 1. The van der Waals surface area contributed by atoms with Crippen molar-refractivity contribution in [3.63, 3.8) is 0 Å². The highest BCUT2D eigenvalue weighted by Crippen LogP contribution is 2.36. The molecular formula is C16H21NO3. The number of benzene rings is 1. The first-order valence-electron chi connectivity index (χ1n) is 7.36. The smallest absolute Gasteiger partial charge is 0.309 e. The summed E-state index contributed by atoms with van der Waals surface area (Å²) >= 11 is 0. The van der Waals surface area contributed by atoms with Gasteiger partial charge in [-0.15, -0.1) is 0 Å². The molecule has 0 aromatic heterocycles. The summed E-state index contributed by atoms with van der Waals surface area (Å²) in [6.07, 6.45) is 3.51. The molecule has 2 aliphatic rings. The highest BCUT2D eigenvalue weighted by molar-refractivity contribution is 5.74. The second-order valence-electron chi connectivity index (χ2n) is 5.77. The first-order chi connectivity index (χ1) is 9.75. The van der Waals surface area contributed by atoms with Crippen LogP contribution in [-0.2, 0) is 21.5 Å². The summed E-state index contributed by atoms with van der Waals surface area (Å²) in [6.45, 7) is 1.38. The van der Waals surface area contributed by atoms with Crippen molar-refractivity contribution in [2.45, 2.75) is 31.2 Å². The molecule has 0 amide bonds. The molecule has 1 heterocycles. The van der Waals surface area contributed by atoms with Crippen LogP contribution < -0.4 is 5.32 Å². The Kier molecular flexibility index (Phi) is 3.76. The summed E-state index contributed by atoms with van der Waals surface area (Å²) in [7, 11) is 0. The van der Waals surface area contributed by atoms with E-state index in [0.717, 1.165) is 32.2 Å². The maximum Gasteiger partial charge on any atom is 0.309 e. The lowest BCUT2D eigenvalue weighted by Crippen LogP contribution is -2.44. The number of hydrogen-bond acceptors (Lipinski definition) is 4. The number of aliphatic hydroxyl groups is 1. The Labute approximate surface area is 119 Å². The molecule has 2 N–H and O–H groups in total. The number of fused-ring (bicyclic) bond motifs is 1. The predicted octanol–water partition coefficient (Wildman–Crippen LogP) is 1.36. The molecule has 1 aromatic carbocycles. The largest absolute Gasteiger partial charge is 0.465 e. The standard InChI is InChI=1S/C16H21NO3/c18-11-16(8-5-12-3-1-2-4-14(12)16)17-9-6-13-7-10-20-15(13)19/h1-4,13,17-18H,5-11H2. The summed E-state index contributed by atoms with van der Waals surface area (Å²) in [5.41, 5.74) is 2.19. The zero-order chi connectivity index (χ0) is 14.0. The molecule has 0 radical (unpaired) electrons. The summed E-state index contributed by atoms with van der Waals surface area (Å²) < 4.78 is 4.98. The van der Waals surface area contributed by atoms with E-state index in [1.807, 2.05) is 12.1 Å². The second-order valence-corrected chi connectivity index (χ2v) is 5.77. The molecule has 1 aliphatic carbocycles. The van der Waals surface area contributed by atoms with Gasteiger partial charge in [-0.1, -0.05) is 24.3 Å². The fourth-order valence-corrected chi connectivity index (χ4v) is 3.38. The minimum Gasteiger partial charge on any atom is -0.465 e.